The normalized spacial score (nSPS) is 10.4. The second-order valence-electron chi connectivity index (χ2n) is 4.60. The Morgan fingerprint density at radius 2 is 2.10 bits per heavy atom. The molecule has 1 aromatic rings. The van der Waals surface area contributed by atoms with Gasteiger partial charge in [0.15, 0.2) is 6.61 Å². The van der Waals surface area contributed by atoms with Gasteiger partial charge in [-0.2, -0.15) is 0 Å². The summed E-state index contributed by atoms with van der Waals surface area (Å²) in [7, 11) is 1.59. The molecule has 0 aliphatic carbocycles. The fraction of sp³-hybridized carbons (Fsp3) is 0.533. The summed E-state index contributed by atoms with van der Waals surface area (Å²) in [6.45, 7) is 6.82. The summed E-state index contributed by atoms with van der Waals surface area (Å²) in [5, 5.41) is 3.32. The van der Waals surface area contributed by atoms with Crippen LogP contribution in [0.3, 0.4) is 0 Å². The predicted molar refractivity (Wildman–Crippen MR) is 77.1 cm³/mol. The Kier molecular flexibility index (Phi) is 6.87. The summed E-state index contributed by atoms with van der Waals surface area (Å²) in [6.07, 6.45) is 0. The van der Waals surface area contributed by atoms with Crippen molar-refractivity contribution in [2.75, 3.05) is 20.3 Å². The maximum Gasteiger partial charge on any atom is 0.344 e. The summed E-state index contributed by atoms with van der Waals surface area (Å²) < 4.78 is 15.6. The first-order chi connectivity index (χ1) is 9.56. The summed E-state index contributed by atoms with van der Waals surface area (Å²) in [5.74, 6) is 0.945. The minimum Gasteiger partial charge on any atom is -0.497 e. The van der Waals surface area contributed by atoms with E-state index >= 15 is 0 Å². The van der Waals surface area contributed by atoms with Crippen LogP contribution >= 0.6 is 0 Å². The van der Waals surface area contributed by atoms with Crippen molar-refractivity contribution in [3.63, 3.8) is 0 Å². The number of benzene rings is 1. The first kappa shape index (κ1) is 16.3. The third-order valence-corrected chi connectivity index (χ3v) is 2.63. The lowest BCUT2D eigenvalue weighted by atomic mass is 10.2. The highest BCUT2D eigenvalue weighted by molar-refractivity contribution is 5.71. The van der Waals surface area contributed by atoms with E-state index in [1.165, 1.54) is 0 Å². The van der Waals surface area contributed by atoms with Crippen molar-refractivity contribution in [1.29, 1.82) is 0 Å². The molecule has 0 aromatic heterocycles. The van der Waals surface area contributed by atoms with E-state index in [9.17, 15) is 4.79 Å². The molecule has 0 amide bonds. The van der Waals surface area contributed by atoms with Gasteiger partial charge in [0.2, 0.25) is 0 Å². The molecule has 112 valence electrons. The molecule has 1 rings (SSSR count). The molecule has 1 aromatic carbocycles. The van der Waals surface area contributed by atoms with E-state index in [-0.39, 0.29) is 12.6 Å². The second kappa shape index (κ2) is 8.43. The Bertz CT molecular complexity index is 432. The maximum absolute atomic E-state index is 11.4. The van der Waals surface area contributed by atoms with Crippen molar-refractivity contribution < 1.29 is 19.0 Å². The Balaban J connectivity index is 2.75. The van der Waals surface area contributed by atoms with Crippen molar-refractivity contribution in [1.82, 2.24) is 5.32 Å². The second-order valence-corrected chi connectivity index (χ2v) is 4.60. The number of rotatable bonds is 8. The first-order valence-electron chi connectivity index (χ1n) is 6.75. The van der Waals surface area contributed by atoms with Crippen LogP contribution in [0.4, 0.5) is 0 Å². The van der Waals surface area contributed by atoms with Crippen LogP contribution in [0.5, 0.6) is 11.5 Å². The number of hydrogen-bond acceptors (Lipinski definition) is 5. The third-order valence-electron chi connectivity index (χ3n) is 2.63. The lowest BCUT2D eigenvalue weighted by Crippen LogP contribution is -2.22. The van der Waals surface area contributed by atoms with Crippen LogP contribution in [0.2, 0.25) is 0 Å². The van der Waals surface area contributed by atoms with Gasteiger partial charge in [-0.25, -0.2) is 4.79 Å². The molecule has 0 radical (unpaired) electrons. The highest BCUT2D eigenvalue weighted by Crippen LogP contribution is 2.25. The van der Waals surface area contributed by atoms with Gasteiger partial charge < -0.3 is 19.5 Å². The molecule has 1 N–H and O–H groups in total. The van der Waals surface area contributed by atoms with Crippen molar-refractivity contribution >= 4 is 5.97 Å². The van der Waals surface area contributed by atoms with Crippen LogP contribution in [0.1, 0.15) is 26.3 Å². The number of methoxy groups -OCH3 is 1. The summed E-state index contributed by atoms with van der Waals surface area (Å²) in [4.78, 5) is 11.4. The average molecular weight is 281 g/mol. The molecule has 0 saturated carbocycles. The standard InChI is InChI=1S/C15H23NO4/c1-5-19-15(17)10-20-14-8-13(18-4)7-6-12(14)9-16-11(2)3/h6-8,11,16H,5,9-10H2,1-4H3. The average Bonchev–Trinajstić information content (AvgIpc) is 2.43. The molecule has 5 heteroatoms. The van der Waals surface area contributed by atoms with E-state index in [1.807, 2.05) is 12.1 Å². The smallest absolute Gasteiger partial charge is 0.344 e. The van der Waals surface area contributed by atoms with Crippen molar-refractivity contribution in [3.05, 3.63) is 23.8 Å². The Morgan fingerprint density at radius 1 is 1.35 bits per heavy atom. The van der Waals surface area contributed by atoms with Crippen LogP contribution in [-0.4, -0.2) is 32.3 Å². The zero-order valence-electron chi connectivity index (χ0n) is 12.6. The van der Waals surface area contributed by atoms with Gasteiger partial charge in [0.05, 0.1) is 13.7 Å². The Morgan fingerprint density at radius 3 is 2.70 bits per heavy atom. The monoisotopic (exact) mass is 281 g/mol. The van der Waals surface area contributed by atoms with E-state index in [4.69, 9.17) is 14.2 Å². The first-order valence-corrected chi connectivity index (χ1v) is 6.75. The number of carbonyl (C=O) groups is 1. The Labute approximate surface area is 120 Å². The van der Waals surface area contributed by atoms with Crippen LogP contribution in [-0.2, 0) is 16.1 Å². The molecule has 20 heavy (non-hydrogen) atoms. The maximum atomic E-state index is 11.4. The summed E-state index contributed by atoms with van der Waals surface area (Å²) >= 11 is 0. The topological polar surface area (TPSA) is 56.8 Å². The highest BCUT2D eigenvalue weighted by Gasteiger charge is 2.09. The molecule has 0 fully saturated rings. The van der Waals surface area contributed by atoms with E-state index in [0.29, 0.717) is 30.7 Å². The molecule has 0 unspecified atom stereocenters. The molecule has 0 saturated heterocycles. The van der Waals surface area contributed by atoms with Gasteiger partial charge in [-0.1, -0.05) is 19.9 Å². The van der Waals surface area contributed by atoms with Crippen molar-refractivity contribution in [2.24, 2.45) is 0 Å². The number of hydrogen-bond donors (Lipinski definition) is 1. The number of carbonyl (C=O) groups excluding carboxylic acids is 1. The van der Waals surface area contributed by atoms with Gasteiger partial charge >= 0.3 is 5.97 Å². The van der Waals surface area contributed by atoms with Gasteiger partial charge in [0.25, 0.3) is 0 Å². The molecule has 0 spiro atoms. The van der Waals surface area contributed by atoms with E-state index in [2.05, 4.69) is 19.2 Å². The minimum atomic E-state index is -0.377. The van der Waals surface area contributed by atoms with E-state index < -0.39 is 0 Å². The largest absolute Gasteiger partial charge is 0.497 e. The van der Waals surface area contributed by atoms with Gasteiger partial charge in [-0.3, -0.25) is 0 Å². The van der Waals surface area contributed by atoms with Crippen molar-refractivity contribution in [3.8, 4) is 11.5 Å². The molecule has 5 nitrogen and oxygen atoms in total. The van der Waals surface area contributed by atoms with Crippen LogP contribution in [0, 0.1) is 0 Å². The molecule has 0 aliphatic rings. The summed E-state index contributed by atoms with van der Waals surface area (Å²) in [5.41, 5.74) is 0.976. The molecule has 0 heterocycles. The lowest BCUT2D eigenvalue weighted by Gasteiger charge is -2.14. The van der Waals surface area contributed by atoms with Gasteiger partial charge in [0, 0.05) is 24.2 Å². The van der Waals surface area contributed by atoms with Crippen LogP contribution in [0.15, 0.2) is 18.2 Å². The van der Waals surface area contributed by atoms with Crippen molar-refractivity contribution in [2.45, 2.75) is 33.4 Å². The zero-order valence-corrected chi connectivity index (χ0v) is 12.6. The Hall–Kier alpha value is -1.75. The van der Waals surface area contributed by atoms with Gasteiger partial charge in [-0.15, -0.1) is 0 Å². The fourth-order valence-corrected chi connectivity index (χ4v) is 1.60. The lowest BCUT2D eigenvalue weighted by molar-refractivity contribution is -0.145. The van der Waals surface area contributed by atoms with Crippen LogP contribution in [0.25, 0.3) is 0 Å². The van der Waals surface area contributed by atoms with Gasteiger partial charge in [-0.05, 0) is 13.0 Å². The fourth-order valence-electron chi connectivity index (χ4n) is 1.60. The number of nitrogens with one attached hydrogen (secondary N) is 1. The van der Waals surface area contributed by atoms with Crippen LogP contribution < -0.4 is 14.8 Å². The molecular formula is C15H23NO4. The van der Waals surface area contributed by atoms with E-state index in [1.54, 1.807) is 20.1 Å². The molecule has 0 bridgehead atoms. The van der Waals surface area contributed by atoms with Gasteiger partial charge in [0.1, 0.15) is 11.5 Å². The third kappa shape index (κ3) is 5.48. The number of esters is 1. The highest BCUT2D eigenvalue weighted by atomic mass is 16.6. The quantitative estimate of drug-likeness (QED) is 0.740. The molecule has 0 atom stereocenters. The number of ether oxygens (including phenoxy) is 3. The molecular weight excluding hydrogens is 258 g/mol. The SMILES string of the molecule is CCOC(=O)COc1cc(OC)ccc1CNC(C)C. The van der Waals surface area contributed by atoms with E-state index in [0.717, 1.165) is 5.56 Å². The summed E-state index contributed by atoms with van der Waals surface area (Å²) in [6, 6.07) is 5.94. The molecule has 0 aliphatic heterocycles. The minimum absolute atomic E-state index is 0.102. The zero-order chi connectivity index (χ0) is 15.0. The predicted octanol–water partition coefficient (Wildman–Crippen LogP) is 2.14.